The molecule has 3 N–H and O–H groups in total. The zero-order valence-corrected chi connectivity index (χ0v) is 8.72. The van der Waals surface area contributed by atoms with Gasteiger partial charge in [-0.15, -0.1) is 0 Å². The summed E-state index contributed by atoms with van der Waals surface area (Å²) in [5.74, 6) is 0. The lowest BCUT2D eigenvalue weighted by molar-refractivity contribution is 0.0245. The summed E-state index contributed by atoms with van der Waals surface area (Å²) in [5, 5.41) is 32.8. The van der Waals surface area contributed by atoms with Crippen molar-refractivity contribution in [3.05, 3.63) is 34.2 Å². The highest BCUT2D eigenvalue weighted by Gasteiger charge is 2.18. The van der Waals surface area contributed by atoms with Gasteiger partial charge < -0.3 is 10.2 Å². The maximum atomic E-state index is 9.82. The van der Waals surface area contributed by atoms with Crippen molar-refractivity contribution < 1.29 is 10.2 Å². The minimum Gasteiger partial charge on any atom is -0.390 e. The number of hydrogen-bond donors (Lipinski definition) is 3. The van der Waals surface area contributed by atoms with Gasteiger partial charge in [0.2, 0.25) is 0 Å². The van der Waals surface area contributed by atoms with Gasteiger partial charge in [0.15, 0.2) is 0 Å². The normalized spacial score (nSPS) is 14.2. The van der Waals surface area contributed by atoms with E-state index in [4.69, 9.17) is 5.53 Å². The Morgan fingerprint density at radius 1 is 1.35 bits per heavy atom. The van der Waals surface area contributed by atoms with Crippen LogP contribution in [0.3, 0.4) is 0 Å². The van der Waals surface area contributed by atoms with Crippen molar-refractivity contribution in [3.63, 3.8) is 0 Å². The number of fused-ring (bicyclic) bond motifs is 1. The predicted molar refractivity (Wildman–Crippen MR) is 58.9 cm³/mol. The number of aromatic nitrogens is 3. The van der Waals surface area contributed by atoms with Gasteiger partial charge in [0.25, 0.3) is 0 Å². The molecule has 2 atom stereocenters. The van der Waals surface area contributed by atoms with Crippen LogP contribution >= 0.6 is 0 Å². The van der Waals surface area contributed by atoms with Crippen LogP contribution in [0, 0.1) is 0 Å². The maximum absolute atomic E-state index is 9.82. The molecule has 0 saturated heterocycles. The van der Waals surface area contributed by atoms with Crippen LogP contribution in [0.2, 0.25) is 0 Å². The van der Waals surface area contributed by atoms with Gasteiger partial charge in [0.05, 0.1) is 12.6 Å². The second-order valence-corrected chi connectivity index (χ2v) is 3.50. The molecule has 0 amide bonds. The Bertz CT molecular complexity index is 561. The first-order chi connectivity index (χ1) is 8.22. The molecule has 0 spiro atoms. The summed E-state index contributed by atoms with van der Waals surface area (Å²) in [6.45, 7) is -0.186. The zero-order chi connectivity index (χ0) is 12.3. The van der Waals surface area contributed by atoms with Crippen LogP contribution in [0.1, 0.15) is 11.7 Å². The molecule has 2 unspecified atom stereocenters. The van der Waals surface area contributed by atoms with Crippen LogP contribution in [0.4, 0.5) is 0 Å². The molecular formula is C9H10N6O2. The lowest BCUT2D eigenvalue weighted by atomic mass is 10.0. The molecule has 2 rings (SSSR count). The fourth-order valence-electron chi connectivity index (χ4n) is 1.48. The van der Waals surface area contributed by atoms with E-state index in [1.54, 1.807) is 18.2 Å². The number of nitrogens with one attached hydrogen (secondary N) is 1. The summed E-state index contributed by atoms with van der Waals surface area (Å²) in [6, 6.07) is 4.93. The SMILES string of the molecule is [N-]=[N+]=NCC(O)C(O)c1ccc2n[nH]nc2c1. The number of aliphatic hydroxyl groups is 2. The number of nitrogens with zero attached hydrogens (tertiary/aromatic N) is 5. The predicted octanol–water partition coefficient (Wildman–Crippen LogP) is 0.662. The summed E-state index contributed by atoms with van der Waals surface area (Å²) in [7, 11) is 0. The van der Waals surface area contributed by atoms with Crippen molar-refractivity contribution in [2.75, 3.05) is 6.54 Å². The number of rotatable bonds is 4. The fourth-order valence-corrected chi connectivity index (χ4v) is 1.48. The smallest absolute Gasteiger partial charge is 0.113 e. The fraction of sp³-hybridized carbons (Fsp3) is 0.333. The molecule has 0 bridgehead atoms. The molecule has 1 aromatic heterocycles. The molecule has 0 aliphatic rings. The Hall–Kier alpha value is -2.15. The highest BCUT2D eigenvalue weighted by atomic mass is 16.3. The minimum atomic E-state index is -1.14. The van der Waals surface area contributed by atoms with E-state index >= 15 is 0 Å². The first-order valence-electron chi connectivity index (χ1n) is 4.90. The average Bonchev–Trinajstić information content (AvgIpc) is 2.81. The molecule has 88 valence electrons. The summed E-state index contributed by atoms with van der Waals surface area (Å²) in [4.78, 5) is 2.52. The average molecular weight is 234 g/mol. The Morgan fingerprint density at radius 3 is 2.88 bits per heavy atom. The standard InChI is InChI=1S/C9H10N6O2/c10-14-11-4-8(16)9(17)5-1-2-6-7(3-5)13-15-12-6/h1-3,8-9,16-17H,4H2,(H,12,13,15). The van der Waals surface area contributed by atoms with Crippen LogP contribution in [0.25, 0.3) is 21.5 Å². The van der Waals surface area contributed by atoms with Gasteiger partial charge in [0, 0.05) is 4.91 Å². The molecule has 0 aliphatic carbocycles. The van der Waals surface area contributed by atoms with Gasteiger partial charge in [-0.25, -0.2) is 0 Å². The van der Waals surface area contributed by atoms with Crippen LogP contribution in [0.15, 0.2) is 23.3 Å². The molecule has 0 radical (unpaired) electrons. The van der Waals surface area contributed by atoms with E-state index in [9.17, 15) is 10.2 Å². The highest BCUT2D eigenvalue weighted by molar-refractivity contribution is 5.74. The molecule has 2 aromatic rings. The van der Waals surface area contributed by atoms with Crippen molar-refractivity contribution in [1.29, 1.82) is 0 Å². The number of hydrogen-bond acceptors (Lipinski definition) is 5. The summed E-state index contributed by atoms with van der Waals surface area (Å²) in [6.07, 6.45) is -2.27. The van der Waals surface area contributed by atoms with E-state index in [-0.39, 0.29) is 6.54 Å². The van der Waals surface area contributed by atoms with Crippen LogP contribution in [0.5, 0.6) is 0 Å². The topological polar surface area (TPSA) is 131 Å². The number of H-pyrrole nitrogens is 1. The third kappa shape index (κ3) is 2.34. The molecule has 1 heterocycles. The van der Waals surface area contributed by atoms with Gasteiger partial charge in [-0.05, 0) is 23.2 Å². The lowest BCUT2D eigenvalue weighted by Gasteiger charge is -2.15. The second kappa shape index (κ2) is 4.79. The van der Waals surface area contributed by atoms with E-state index in [0.29, 0.717) is 16.6 Å². The summed E-state index contributed by atoms with van der Waals surface area (Å²) >= 11 is 0. The van der Waals surface area contributed by atoms with Gasteiger partial charge >= 0.3 is 0 Å². The van der Waals surface area contributed by atoms with E-state index in [2.05, 4.69) is 25.4 Å². The molecule has 0 aliphatic heterocycles. The summed E-state index contributed by atoms with van der Waals surface area (Å²) in [5.41, 5.74) is 9.88. The van der Waals surface area contributed by atoms with E-state index in [0.717, 1.165) is 0 Å². The molecule has 8 heteroatoms. The highest BCUT2D eigenvalue weighted by Crippen LogP contribution is 2.20. The lowest BCUT2D eigenvalue weighted by Crippen LogP contribution is -2.21. The first-order valence-corrected chi connectivity index (χ1v) is 4.90. The van der Waals surface area contributed by atoms with Gasteiger partial charge in [-0.3, -0.25) is 0 Å². The van der Waals surface area contributed by atoms with E-state index in [1.807, 2.05) is 0 Å². The molecule has 0 fully saturated rings. The van der Waals surface area contributed by atoms with Crippen molar-refractivity contribution in [1.82, 2.24) is 15.4 Å². The molecule has 17 heavy (non-hydrogen) atoms. The number of aromatic amines is 1. The molecule has 8 nitrogen and oxygen atoms in total. The van der Waals surface area contributed by atoms with E-state index < -0.39 is 12.2 Å². The molecular weight excluding hydrogens is 224 g/mol. The van der Waals surface area contributed by atoms with Crippen LogP contribution in [-0.4, -0.2) is 38.3 Å². The van der Waals surface area contributed by atoms with Crippen LogP contribution in [-0.2, 0) is 0 Å². The van der Waals surface area contributed by atoms with Crippen molar-refractivity contribution in [2.24, 2.45) is 5.11 Å². The number of benzene rings is 1. The Labute approximate surface area is 95.5 Å². The quantitative estimate of drug-likeness (QED) is 0.407. The van der Waals surface area contributed by atoms with Crippen molar-refractivity contribution in [2.45, 2.75) is 12.2 Å². The molecule has 0 saturated carbocycles. The van der Waals surface area contributed by atoms with E-state index in [1.165, 1.54) is 0 Å². The Balaban J connectivity index is 2.22. The third-order valence-corrected chi connectivity index (χ3v) is 2.38. The monoisotopic (exact) mass is 234 g/mol. The number of azide groups is 1. The second-order valence-electron chi connectivity index (χ2n) is 3.50. The van der Waals surface area contributed by atoms with Crippen molar-refractivity contribution in [3.8, 4) is 0 Å². The van der Waals surface area contributed by atoms with Gasteiger partial charge in [-0.2, -0.15) is 15.4 Å². The van der Waals surface area contributed by atoms with Crippen LogP contribution < -0.4 is 0 Å². The first kappa shape index (κ1) is 11.3. The largest absolute Gasteiger partial charge is 0.390 e. The molecule has 1 aromatic carbocycles. The van der Waals surface area contributed by atoms with Gasteiger partial charge in [-0.1, -0.05) is 11.2 Å². The maximum Gasteiger partial charge on any atom is 0.113 e. The Morgan fingerprint density at radius 2 is 2.12 bits per heavy atom. The minimum absolute atomic E-state index is 0.186. The van der Waals surface area contributed by atoms with Gasteiger partial charge in [0.1, 0.15) is 17.1 Å². The van der Waals surface area contributed by atoms with Crippen molar-refractivity contribution >= 4 is 11.0 Å². The Kier molecular flexibility index (Phi) is 3.20. The third-order valence-electron chi connectivity index (χ3n) is 2.38. The summed E-state index contributed by atoms with van der Waals surface area (Å²) < 4.78 is 0. The number of aliphatic hydroxyl groups excluding tert-OH is 2. The zero-order valence-electron chi connectivity index (χ0n) is 8.72.